The third-order valence-corrected chi connectivity index (χ3v) is 2.93. The van der Waals surface area contributed by atoms with Gasteiger partial charge in [-0.05, 0) is 39.8 Å². The van der Waals surface area contributed by atoms with Gasteiger partial charge in [0, 0.05) is 28.4 Å². The summed E-state index contributed by atoms with van der Waals surface area (Å²) in [6, 6.07) is 6.43. The van der Waals surface area contributed by atoms with E-state index >= 15 is 0 Å². The van der Waals surface area contributed by atoms with E-state index in [4.69, 9.17) is 11.8 Å². The lowest BCUT2D eigenvalue weighted by molar-refractivity contribution is 0.0805. The van der Waals surface area contributed by atoms with E-state index in [9.17, 15) is 9.59 Å². The van der Waals surface area contributed by atoms with Crippen molar-refractivity contribution in [3.05, 3.63) is 35.4 Å². The summed E-state index contributed by atoms with van der Waals surface area (Å²) >= 11 is 5.93. The van der Waals surface area contributed by atoms with Crippen LogP contribution in [0.4, 0.5) is 0 Å². The first-order valence-electron chi connectivity index (χ1n) is 5.60. The smallest absolute Gasteiger partial charge is 0.266 e. The maximum Gasteiger partial charge on any atom is 0.266 e. The molecule has 1 amide bonds. The first-order chi connectivity index (χ1) is 8.21. The lowest BCUT2D eigenvalue weighted by Crippen LogP contribution is -2.46. The summed E-state index contributed by atoms with van der Waals surface area (Å²) in [6.07, 6.45) is 0. The number of ketones is 1. The van der Waals surface area contributed by atoms with Gasteiger partial charge in [0.15, 0.2) is 5.78 Å². The van der Waals surface area contributed by atoms with E-state index in [2.05, 4.69) is 5.43 Å². The Labute approximate surface area is 124 Å². The number of benzene rings is 1. The molecule has 1 rings (SSSR count). The molecule has 0 aliphatic carbocycles. The fourth-order valence-corrected chi connectivity index (χ4v) is 1.25. The highest BCUT2D eigenvalue weighted by Gasteiger charge is 2.21. The number of amides is 1. The molecule has 6 heteroatoms. The largest absolute Gasteiger partial charge is 0.295 e. The molecule has 0 aliphatic heterocycles. The summed E-state index contributed by atoms with van der Waals surface area (Å²) in [4.78, 5) is 23.0. The highest BCUT2D eigenvalue weighted by molar-refractivity contribution is 6.14. The molecule has 0 aliphatic rings. The van der Waals surface area contributed by atoms with E-state index in [1.165, 1.54) is 11.5 Å². The Morgan fingerprint density at radius 3 is 1.89 bits per heavy atom. The number of hydrogen-bond donors (Lipinski definition) is 1. The van der Waals surface area contributed by atoms with E-state index in [1.807, 2.05) is 20.8 Å². The van der Waals surface area contributed by atoms with Crippen LogP contribution in [0.5, 0.6) is 0 Å². The Hall–Kier alpha value is -1.10. The molecule has 0 radical (unpaired) electrons. The van der Waals surface area contributed by atoms with Crippen molar-refractivity contribution in [2.45, 2.75) is 33.2 Å². The third-order valence-electron chi connectivity index (χ3n) is 2.34. The van der Waals surface area contributed by atoms with Crippen molar-refractivity contribution in [1.82, 2.24) is 9.95 Å². The average molecular weight is 305 g/mol. The topological polar surface area (TPSA) is 49.4 Å². The summed E-state index contributed by atoms with van der Waals surface area (Å²) < 4.78 is 1.23. The van der Waals surface area contributed by atoms with Crippen LogP contribution in [0.1, 0.15) is 48.4 Å². The first kappa shape index (κ1) is 17.9. The van der Waals surface area contributed by atoms with Crippen molar-refractivity contribution in [1.29, 1.82) is 0 Å². The molecule has 106 valence electrons. The second-order valence-electron chi connectivity index (χ2n) is 5.03. The SMILES string of the molecule is CC(=O)c1ccc(C(=O)NN(Cl)C(C)(C)C)cc1.Cl. The number of carbonyl (C=O) groups excluding carboxylic acids is 2. The Balaban J connectivity index is 0.00000324. The quantitative estimate of drug-likeness (QED) is 0.530. The normalized spacial score (nSPS) is 10.8. The van der Waals surface area contributed by atoms with Crippen LogP contribution < -0.4 is 5.43 Å². The van der Waals surface area contributed by atoms with Crippen LogP contribution in [-0.4, -0.2) is 21.8 Å². The summed E-state index contributed by atoms with van der Waals surface area (Å²) in [7, 11) is 0. The highest BCUT2D eigenvalue weighted by atomic mass is 35.5. The molecule has 0 saturated heterocycles. The Morgan fingerprint density at radius 2 is 1.53 bits per heavy atom. The van der Waals surface area contributed by atoms with Crippen LogP contribution in [0.15, 0.2) is 24.3 Å². The molecule has 0 spiro atoms. The Bertz CT molecular complexity index is 453. The first-order valence-corrected chi connectivity index (χ1v) is 5.93. The number of halogens is 2. The molecule has 0 heterocycles. The van der Waals surface area contributed by atoms with Gasteiger partial charge in [0.25, 0.3) is 5.91 Å². The maximum atomic E-state index is 11.9. The van der Waals surface area contributed by atoms with E-state index in [-0.39, 0.29) is 29.6 Å². The minimum Gasteiger partial charge on any atom is -0.295 e. The molecule has 0 fully saturated rings. The van der Waals surface area contributed by atoms with Crippen molar-refractivity contribution in [3.63, 3.8) is 0 Å². The summed E-state index contributed by atoms with van der Waals surface area (Å²) in [5, 5.41) is 0. The fourth-order valence-electron chi connectivity index (χ4n) is 1.18. The predicted octanol–water partition coefficient (Wildman–Crippen LogP) is 3.21. The number of rotatable bonds is 3. The second kappa shape index (κ2) is 6.89. The number of hydrogen-bond acceptors (Lipinski definition) is 3. The van der Waals surface area contributed by atoms with E-state index in [0.717, 1.165) is 0 Å². The molecular formula is C13H18Cl2N2O2. The number of carbonyl (C=O) groups is 2. The van der Waals surface area contributed by atoms with Gasteiger partial charge in [-0.2, -0.15) is 0 Å². The van der Waals surface area contributed by atoms with Gasteiger partial charge in [-0.15, -0.1) is 16.9 Å². The number of nitrogens with one attached hydrogen (secondary N) is 1. The van der Waals surface area contributed by atoms with Gasteiger partial charge >= 0.3 is 0 Å². The van der Waals surface area contributed by atoms with Gasteiger partial charge in [-0.1, -0.05) is 12.1 Å². The van der Waals surface area contributed by atoms with Crippen LogP contribution in [0.2, 0.25) is 0 Å². The van der Waals surface area contributed by atoms with Crippen molar-refractivity contribution in [3.8, 4) is 0 Å². The second-order valence-corrected chi connectivity index (χ2v) is 5.36. The molecule has 1 aromatic carbocycles. The maximum absolute atomic E-state index is 11.9. The molecule has 4 nitrogen and oxygen atoms in total. The van der Waals surface area contributed by atoms with Crippen LogP contribution >= 0.6 is 24.2 Å². The third kappa shape index (κ3) is 5.19. The monoisotopic (exact) mass is 304 g/mol. The lowest BCUT2D eigenvalue weighted by atomic mass is 10.1. The zero-order valence-corrected chi connectivity index (χ0v) is 12.9. The van der Waals surface area contributed by atoms with Crippen molar-refractivity contribution >= 4 is 35.9 Å². The highest BCUT2D eigenvalue weighted by Crippen LogP contribution is 2.13. The van der Waals surface area contributed by atoms with Gasteiger partial charge in [0.2, 0.25) is 0 Å². The van der Waals surface area contributed by atoms with E-state index < -0.39 is 0 Å². The number of nitrogens with zero attached hydrogens (tertiary/aromatic N) is 1. The molecule has 0 bridgehead atoms. The molecule has 0 atom stereocenters. The zero-order valence-electron chi connectivity index (χ0n) is 11.4. The number of hydrazine groups is 1. The van der Waals surface area contributed by atoms with Crippen LogP contribution in [0.3, 0.4) is 0 Å². The van der Waals surface area contributed by atoms with Crippen molar-refractivity contribution < 1.29 is 9.59 Å². The summed E-state index contributed by atoms with van der Waals surface area (Å²) in [6.45, 7) is 7.10. The lowest BCUT2D eigenvalue weighted by Gasteiger charge is -2.28. The summed E-state index contributed by atoms with van der Waals surface area (Å²) in [5.74, 6) is -0.342. The molecule has 0 saturated carbocycles. The van der Waals surface area contributed by atoms with Gasteiger partial charge in [-0.25, -0.2) is 0 Å². The van der Waals surface area contributed by atoms with Gasteiger partial charge < -0.3 is 0 Å². The van der Waals surface area contributed by atoms with Gasteiger partial charge in [0.1, 0.15) is 0 Å². The number of Topliss-reactive ketones (excluding diaryl/α,β-unsaturated/α-hetero) is 1. The van der Waals surface area contributed by atoms with Crippen LogP contribution in [0, 0.1) is 0 Å². The minimum atomic E-state index is -0.378. The van der Waals surface area contributed by atoms with Gasteiger partial charge in [0.05, 0.1) is 0 Å². The molecule has 0 aromatic heterocycles. The van der Waals surface area contributed by atoms with Crippen LogP contribution in [0.25, 0.3) is 0 Å². The average Bonchev–Trinajstić information content (AvgIpc) is 2.27. The minimum absolute atomic E-state index is 0. The Morgan fingerprint density at radius 1 is 1.11 bits per heavy atom. The molecule has 0 unspecified atom stereocenters. The van der Waals surface area contributed by atoms with Crippen molar-refractivity contribution in [2.24, 2.45) is 0 Å². The predicted molar refractivity (Wildman–Crippen MR) is 78.6 cm³/mol. The van der Waals surface area contributed by atoms with E-state index in [0.29, 0.717) is 11.1 Å². The van der Waals surface area contributed by atoms with Gasteiger partial charge in [-0.3, -0.25) is 15.0 Å². The molecule has 1 aromatic rings. The molecular weight excluding hydrogens is 287 g/mol. The fraction of sp³-hybridized carbons (Fsp3) is 0.385. The standard InChI is InChI=1S/C13H17ClN2O2.ClH/c1-9(17)10-5-7-11(8-6-10)12(18)15-16(14)13(2,3)4;/h5-8H,1-4H3,(H,15,18);1H. The Kier molecular flexibility index (Phi) is 6.49. The zero-order chi connectivity index (χ0) is 13.9. The summed E-state index contributed by atoms with van der Waals surface area (Å²) in [5.41, 5.74) is 3.21. The van der Waals surface area contributed by atoms with Crippen molar-refractivity contribution in [2.75, 3.05) is 0 Å². The molecule has 1 N–H and O–H groups in total. The van der Waals surface area contributed by atoms with Crippen LogP contribution in [-0.2, 0) is 0 Å². The molecule has 19 heavy (non-hydrogen) atoms. The van der Waals surface area contributed by atoms with E-state index in [1.54, 1.807) is 24.3 Å².